The highest BCUT2D eigenvalue weighted by Crippen LogP contribution is 2.17. The molecule has 1 unspecified atom stereocenters. The van der Waals surface area contributed by atoms with Crippen molar-refractivity contribution in [2.45, 2.75) is 18.4 Å². The Hall–Kier alpha value is -3.02. The number of nitrogens with one attached hydrogen (secondary N) is 4. The van der Waals surface area contributed by atoms with Crippen molar-refractivity contribution in [2.24, 2.45) is 0 Å². The van der Waals surface area contributed by atoms with Crippen molar-refractivity contribution in [1.82, 2.24) is 20.8 Å². The lowest BCUT2D eigenvalue weighted by Gasteiger charge is -2.25. The van der Waals surface area contributed by atoms with Crippen LogP contribution in [0.25, 0.3) is 0 Å². The molecule has 2 rings (SSSR count). The number of halogens is 1. The van der Waals surface area contributed by atoms with Gasteiger partial charge in [-0.3, -0.25) is 9.89 Å². The lowest BCUT2D eigenvalue weighted by Crippen LogP contribution is -2.52. The van der Waals surface area contributed by atoms with Gasteiger partial charge in [0.05, 0.1) is 28.1 Å². The van der Waals surface area contributed by atoms with Gasteiger partial charge >= 0.3 is 0 Å². The first-order valence-electron chi connectivity index (χ1n) is 8.87. The minimum Gasteiger partial charge on any atom is -0.399 e. The number of hydrogen-bond acceptors (Lipinski definition) is 6. The van der Waals surface area contributed by atoms with Crippen LogP contribution in [0.1, 0.15) is 40.3 Å². The van der Waals surface area contributed by atoms with E-state index in [9.17, 15) is 9.90 Å². The van der Waals surface area contributed by atoms with Crippen LogP contribution in [0, 0.1) is 16.7 Å². The van der Waals surface area contributed by atoms with Gasteiger partial charge in [0.25, 0.3) is 5.91 Å². The summed E-state index contributed by atoms with van der Waals surface area (Å²) in [7, 11) is 3.79. The second-order valence-electron chi connectivity index (χ2n) is 7.15. The SMILES string of the molecule is BC(B)(CNC(=O)c1cc(C(C)O)[nH]n1)N/C=C\C(=N)c1ccc(C#N)c(Cl)c1. The number of carbonyl (C=O) groups excluding carboxylic acids is 1. The van der Waals surface area contributed by atoms with Crippen LogP contribution in [0.4, 0.5) is 0 Å². The number of rotatable bonds is 8. The maximum atomic E-state index is 12.2. The molecule has 11 heteroatoms. The van der Waals surface area contributed by atoms with Gasteiger partial charge in [0.15, 0.2) is 0 Å². The lowest BCUT2D eigenvalue weighted by atomic mass is 9.62. The highest BCUT2D eigenvalue weighted by atomic mass is 35.5. The third kappa shape index (κ3) is 6.24. The van der Waals surface area contributed by atoms with E-state index >= 15 is 0 Å². The van der Waals surface area contributed by atoms with Gasteiger partial charge in [-0.1, -0.05) is 17.7 Å². The Balaban J connectivity index is 1.89. The topological polar surface area (TPSA) is 138 Å². The van der Waals surface area contributed by atoms with Gasteiger partial charge in [0, 0.05) is 12.1 Å². The molecule has 0 aliphatic heterocycles. The van der Waals surface area contributed by atoms with Gasteiger partial charge in [0.1, 0.15) is 27.5 Å². The first-order chi connectivity index (χ1) is 13.6. The van der Waals surface area contributed by atoms with Crippen molar-refractivity contribution in [2.75, 3.05) is 6.54 Å². The fourth-order valence-corrected chi connectivity index (χ4v) is 2.55. The van der Waals surface area contributed by atoms with Crippen LogP contribution in [0.5, 0.6) is 0 Å². The Labute approximate surface area is 175 Å². The molecule has 148 valence electrons. The molecule has 1 amide bonds. The number of benzene rings is 1. The van der Waals surface area contributed by atoms with Crippen LogP contribution in [0.15, 0.2) is 36.5 Å². The molecule has 1 aromatic heterocycles. The van der Waals surface area contributed by atoms with E-state index in [-0.39, 0.29) is 17.3 Å². The molecule has 1 heterocycles. The molecule has 1 aromatic carbocycles. The van der Waals surface area contributed by atoms with E-state index in [2.05, 4.69) is 20.8 Å². The average Bonchev–Trinajstić information content (AvgIpc) is 3.16. The van der Waals surface area contributed by atoms with Crippen molar-refractivity contribution in [3.05, 3.63) is 64.1 Å². The van der Waals surface area contributed by atoms with Crippen LogP contribution in [0.3, 0.4) is 0 Å². The fraction of sp³-hybridized carbons (Fsp3) is 0.222. The number of allylic oxidation sites excluding steroid dienone is 1. The number of hydrogen-bond donors (Lipinski definition) is 5. The number of aliphatic hydroxyl groups is 1. The Bertz CT molecular complexity index is 981. The molecule has 1 atom stereocenters. The molecule has 0 bridgehead atoms. The van der Waals surface area contributed by atoms with Crippen LogP contribution >= 0.6 is 11.6 Å². The maximum absolute atomic E-state index is 12.2. The highest BCUT2D eigenvalue weighted by molar-refractivity contribution is 6.40. The van der Waals surface area contributed by atoms with Crippen molar-refractivity contribution in [3.63, 3.8) is 0 Å². The van der Waals surface area contributed by atoms with E-state index in [4.69, 9.17) is 22.3 Å². The summed E-state index contributed by atoms with van der Waals surface area (Å²) in [6, 6.07) is 8.29. The molecule has 0 aliphatic rings. The van der Waals surface area contributed by atoms with Crippen LogP contribution in [-0.2, 0) is 0 Å². The number of nitriles is 1. The Morgan fingerprint density at radius 1 is 1.52 bits per heavy atom. The number of aromatic nitrogens is 2. The summed E-state index contributed by atoms with van der Waals surface area (Å²) in [5, 5.41) is 38.7. The first-order valence-corrected chi connectivity index (χ1v) is 9.25. The molecular weight excluding hydrogens is 389 g/mol. The van der Waals surface area contributed by atoms with Crippen molar-refractivity contribution in [3.8, 4) is 6.07 Å². The molecule has 0 radical (unpaired) electrons. The highest BCUT2D eigenvalue weighted by Gasteiger charge is 2.19. The number of amides is 1. The summed E-state index contributed by atoms with van der Waals surface area (Å²) in [5.41, 5.74) is 1.85. The summed E-state index contributed by atoms with van der Waals surface area (Å²) < 4.78 is 0. The van der Waals surface area contributed by atoms with Crippen molar-refractivity contribution < 1.29 is 9.90 Å². The molecule has 0 saturated carbocycles. The van der Waals surface area contributed by atoms with Crippen LogP contribution < -0.4 is 10.6 Å². The smallest absolute Gasteiger partial charge is 0.271 e. The van der Waals surface area contributed by atoms with E-state index in [1.807, 2.05) is 21.8 Å². The number of aliphatic hydroxyl groups excluding tert-OH is 1. The number of H-pyrrole nitrogens is 1. The zero-order valence-corrected chi connectivity index (χ0v) is 17.1. The zero-order valence-electron chi connectivity index (χ0n) is 16.4. The van der Waals surface area contributed by atoms with E-state index in [0.717, 1.165) is 0 Å². The van der Waals surface area contributed by atoms with Crippen LogP contribution in [-0.4, -0.2) is 54.5 Å². The fourth-order valence-electron chi connectivity index (χ4n) is 2.33. The standard InChI is InChI=1S/C18H21B2ClN6O2/c1-10(28)15-7-16(27-26-15)17(29)24-9-18(19,20)25-5-4-14(23)11-2-3-12(8-22)13(21)6-11/h2-7,10,23,25,28H,9,19-20H2,1H3,(H,24,29)(H,26,27)/b5-4-,23-14?. The van der Waals surface area contributed by atoms with Crippen molar-refractivity contribution >= 4 is 38.9 Å². The predicted octanol–water partition coefficient (Wildman–Crippen LogP) is -0.191. The molecule has 2 aromatic rings. The summed E-state index contributed by atoms with van der Waals surface area (Å²) >= 11 is 6.00. The summed E-state index contributed by atoms with van der Waals surface area (Å²) in [6.45, 7) is 1.89. The second kappa shape index (κ2) is 9.45. The quantitative estimate of drug-likeness (QED) is 0.303. The van der Waals surface area contributed by atoms with Gasteiger partial charge in [-0.2, -0.15) is 10.4 Å². The summed E-state index contributed by atoms with van der Waals surface area (Å²) in [5.74, 6) is -0.355. The average molecular weight is 410 g/mol. The first kappa shape index (κ1) is 22.3. The van der Waals surface area contributed by atoms with Gasteiger partial charge in [-0.15, -0.1) is 0 Å². The van der Waals surface area contributed by atoms with E-state index in [1.165, 1.54) is 6.07 Å². The number of carbonyl (C=O) groups is 1. The number of nitrogens with zero attached hydrogens (tertiary/aromatic N) is 2. The molecule has 29 heavy (non-hydrogen) atoms. The molecular formula is C18H21B2ClN6O2. The molecule has 0 saturated heterocycles. The summed E-state index contributed by atoms with van der Waals surface area (Å²) in [6.07, 6.45) is 2.47. The van der Waals surface area contributed by atoms with Crippen LogP contribution in [0.2, 0.25) is 5.02 Å². The maximum Gasteiger partial charge on any atom is 0.271 e. The van der Waals surface area contributed by atoms with E-state index < -0.39 is 11.4 Å². The van der Waals surface area contributed by atoms with E-state index in [1.54, 1.807) is 37.4 Å². The predicted molar refractivity (Wildman–Crippen MR) is 117 cm³/mol. The molecule has 0 aliphatic carbocycles. The second-order valence-corrected chi connectivity index (χ2v) is 7.56. The largest absolute Gasteiger partial charge is 0.399 e. The number of aromatic amines is 1. The molecule has 0 fully saturated rings. The van der Waals surface area contributed by atoms with Gasteiger partial charge in [-0.25, -0.2) is 0 Å². The summed E-state index contributed by atoms with van der Waals surface area (Å²) in [4.78, 5) is 12.2. The van der Waals surface area contributed by atoms with Gasteiger partial charge < -0.3 is 21.1 Å². The Morgan fingerprint density at radius 3 is 2.83 bits per heavy atom. The minimum absolute atomic E-state index is 0.201. The third-order valence-electron chi connectivity index (χ3n) is 4.10. The van der Waals surface area contributed by atoms with Gasteiger partial charge in [0.2, 0.25) is 0 Å². The monoisotopic (exact) mass is 410 g/mol. The molecule has 5 N–H and O–H groups in total. The molecule has 0 spiro atoms. The normalized spacial score (nSPS) is 12.3. The van der Waals surface area contributed by atoms with E-state index in [0.29, 0.717) is 28.4 Å². The van der Waals surface area contributed by atoms with Gasteiger partial charge in [-0.05, 0) is 42.7 Å². The third-order valence-corrected chi connectivity index (χ3v) is 4.41. The molecule has 8 nitrogen and oxygen atoms in total. The lowest BCUT2D eigenvalue weighted by molar-refractivity contribution is 0.0946. The Morgan fingerprint density at radius 2 is 2.24 bits per heavy atom. The Kier molecular flexibility index (Phi) is 7.26. The minimum atomic E-state index is -0.728. The zero-order chi connectivity index (χ0) is 21.6. The van der Waals surface area contributed by atoms with Crippen molar-refractivity contribution in [1.29, 1.82) is 10.7 Å².